The van der Waals surface area contributed by atoms with Crippen LogP contribution in [-0.4, -0.2) is 40.0 Å². The Morgan fingerprint density at radius 2 is 2.18 bits per heavy atom. The molecular weight excluding hydrogens is 214 g/mol. The first-order valence-electron chi connectivity index (χ1n) is 6.02. The molecule has 2 aromatic heterocycles. The summed E-state index contributed by atoms with van der Waals surface area (Å²) in [6, 6.07) is 1.85. The van der Waals surface area contributed by atoms with Crippen molar-refractivity contribution in [2.45, 2.75) is 18.8 Å². The van der Waals surface area contributed by atoms with Gasteiger partial charge in [-0.05, 0) is 33.0 Å². The molecule has 0 unspecified atom stereocenters. The van der Waals surface area contributed by atoms with Gasteiger partial charge in [0.1, 0.15) is 11.3 Å². The van der Waals surface area contributed by atoms with Crippen LogP contribution in [0.2, 0.25) is 0 Å². The maximum Gasteiger partial charge on any atom is 0.125 e. The zero-order chi connectivity index (χ0) is 11.8. The first-order chi connectivity index (χ1) is 8.24. The minimum absolute atomic E-state index is 0.487. The van der Waals surface area contributed by atoms with Crippen LogP contribution in [-0.2, 0) is 0 Å². The van der Waals surface area contributed by atoms with E-state index in [4.69, 9.17) is 5.73 Å². The van der Waals surface area contributed by atoms with E-state index in [1.807, 2.05) is 6.07 Å². The summed E-state index contributed by atoms with van der Waals surface area (Å²) in [5.74, 6) is 1.07. The number of rotatable bonds is 1. The van der Waals surface area contributed by atoms with Crippen molar-refractivity contribution in [3.8, 4) is 0 Å². The van der Waals surface area contributed by atoms with Gasteiger partial charge < -0.3 is 15.6 Å². The molecule has 0 aromatic carbocycles. The van der Waals surface area contributed by atoms with Gasteiger partial charge >= 0.3 is 0 Å². The zero-order valence-corrected chi connectivity index (χ0v) is 9.98. The summed E-state index contributed by atoms with van der Waals surface area (Å²) in [5, 5.41) is 0. The number of hydrogen-bond acceptors (Lipinski definition) is 4. The molecule has 1 saturated heterocycles. The summed E-state index contributed by atoms with van der Waals surface area (Å²) in [7, 11) is 2.16. The molecule has 2 aromatic rings. The number of imidazole rings is 1. The Morgan fingerprint density at radius 1 is 1.41 bits per heavy atom. The Bertz CT molecular complexity index is 525. The number of piperidine rings is 1. The van der Waals surface area contributed by atoms with E-state index in [0.29, 0.717) is 11.7 Å². The van der Waals surface area contributed by atoms with E-state index in [0.717, 1.165) is 42.7 Å². The number of nitrogens with one attached hydrogen (secondary N) is 1. The van der Waals surface area contributed by atoms with E-state index in [-0.39, 0.29) is 0 Å². The van der Waals surface area contributed by atoms with Crippen molar-refractivity contribution in [3.63, 3.8) is 0 Å². The number of fused-ring (bicyclic) bond motifs is 1. The fraction of sp³-hybridized carbons (Fsp3) is 0.500. The lowest BCUT2D eigenvalue weighted by molar-refractivity contribution is 0.254. The second kappa shape index (κ2) is 4.00. The number of nitrogens with two attached hydrogens (primary N) is 1. The third-order valence-corrected chi connectivity index (χ3v) is 3.56. The van der Waals surface area contributed by atoms with Crippen LogP contribution in [0.4, 0.5) is 5.82 Å². The van der Waals surface area contributed by atoms with Crippen molar-refractivity contribution in [2.75, 3.05) is 25.9 Å². The summed E-state index contributed by atoms with van der Waals surface area (Å²) >= 11 is 0. The predicted molar refractivity (Wildman–Crippen MR) is 67.8 cm³/mol. The van der Waals surface area contributed by atoms with Gasteiger partial charge in [0.2, 0.25) is 0 Å². The first kappa shape index (κ1) is 10.5. The SMILES string of the molecule is CN1CCC(c2nc(N)cc3[nH]cnc23)CC1. The van der Waals surface area contributed by atoms with Crippen molar-refractivity contribution in [1.29, 1.82) is 0 Å². The summed E-state index contributed by atoms with van der Waals surface area (Å²) < 4.78 is 0. The summed E-state index contributed by atoms with van der Waals surface area (Å²) in [6.45, 7) is 2.24. The van der Waals surface area contributed by atoms with Crippen LogP contribution in [0.5, 0.6) is 0 Å². The molecule has 3 rings (SSSR count). The van der Waals surface area contributed by atoms with Gasteiger partial charge in [-0.25, -0.2) is 9.97 Å². The number of likely N-dealkylation sites (tertiary alicyclic amines) is 1. The van der Waals surface area contributed by atoms with Gasteiger partial charge in [0.05, 0.1) is 17.5 Å². The van der Waals surface area contributed by atoms with E-state index in [1.165, 1.54) is 0 Å². The molecule has 1 fully saturated rings. The lowest BCUT2D eigenvalue weighted by Crippen LogP contribution is -2.29. The molecule has 0 bridgehead atoms. The number of anilines is 1. The normalized spacial score (nSPS) is 18.9. The Labute approximate surface area is 100 Å². The molecular formula is C12H17N5. The fourth-order valence-corrected chi connectivity index (χ4v) is 2.56. The van der Waals surface area contributed by atoms with Gasteiger partial charge in [0.25, 0.3) is 0 Å². The van der Waals surface area contributed by atoms with Crippen molar-refractivity contribution >= 4 is 16.9 Å². The minimum Gasteiger partial charge on any atom is -0.384 e. The molecule has 0 saturated carbocycles. The van der Waals surface area contributed by atoms with Gasteiger partial charge in [-0.3, -0.25) is 0 Å². The van der Waals surface area contributed by atoms with Crippen LogP contribution in [0.25, 0.3) is 11.0 Å². The third-order valence-electron chi connectivity index (χ3n) is 3.56. The molecule has 90 valence electrons. The monoisotopic (exact) mass is 231 g/mol. The molecule has 0 atom stereocenters. The molecule has 1 aliphatic rings. The Balaban J connectivity index is 2.01. The zero-order valence-electron chi connectivity index (χ0n) is 9.98. The first-order valence-corrected chi connectivity index (χ1v) is 6.02. The summed E-state index contributed by atoms with van der Waals surface area (Å²) in [4.78, 5) is 14.3. The molecule has 1 aliphatic heterocycles. The van der Waals surface area contributed by atoms with Crippen molar-refractivity contribution in [1.82, 2.24) is 19.9 Å². The maximum atomic E-state index is 5.85. The predicted octanol–water partition coefficient (Wildman–Crippen LogP) is 1.35. The number of nitrogen functional groups attached to an aromatic ring is 1. The van der Waals surface area contributed by atoms with Gasteiger partial charge in [-0.2, -0.15) is 0 Å². The van der Waals surface area contributed by atoms with E-state index in [9.17, 15) is 0 Å². The van der Waals surface area contributed by atoms with Gasteiger partial charge in [-0.1, -0.05) is 0 Å². The number of nitrogens with zero attached hydrogens (tertiary/aromatic N) is 3. The number of hydrogen-bond donors (Lipinski definition) is 2. The molecule has 0 aliphatic carbocycles. The van der Waals surface area contributed by atoms with Crippen LogP contribution < -0.4 is 5.73 Å². The average molecular weight is 231 g/mol. The molecule has 17 heavy (non-hydrogen) atoms. The Hall–Kier alpha value is -1.62. The van der Waals surface area contributed by atoms with E-state index < -0.39 is 0 Å². The van der Waals surface area contributed by atoms with Crippen LogP contribution in [0.3, 0.4) is 0 Å². The molecule has 5 heteroatoms. The van der Waals surface area contributed by atoms with Crippen molar-refractivity contribution < 1.29 is 0 Å². The number of aromatic amines is 1. The fourth-order valence-electron chi connectivity index (χ4n) is 2.56. The second-order valence-corrected chi connectivity index (χ2v) is 4.81. The maximum absolute atomic E-state index is 5.85. The smallest absolute Gasteiger partial charge is 0.125 e. The third kappa shape index (κ3) is 1.86. The highest BCUT2D eigenvalue weighted by Gasteiger charge is 2.22. The highest BCUT2D eigenvalue weighted by Crippen LogP contribution is 2.30. The number of aromatic nitrogens is 3. The molecule has 0 amide bonds. The molecule has 0 radical (unpaired) electrons. The Morgan fingerprint density at radius 3 is 2.94 bits per heavy atom. The molecule has 0 spiro atoms. The quantitative estimate of drug-likeness (QED) is 0.777. The van der Waals surface area contributed by atoms with Crippen LogP contribution in [0.15, 0.2) is 12.4 Å². The van der Waals surface area contributed by atoms with Crippen molar-refractivity contribution in [2.24, 2.45) is 0 Å². The number of pyridine rings is 1. The Kier molecular flexibility index (Phi) is 2.48. The number of H-pyrrole nitrogens is 1. The lowest BCUT2D eigenvalue weighted by atomic mass is 9.92. The van der Waals surface area contributed by atoms with Crippen molar-refractivity contribution in [3.05, 3.63) is 18.1 Å². The van der Waals surface area contributed by atoms with Gasteiger partial charge in [0.15, 0.2) is 0 Å². The van der Waals surface area contributed by atoms with E-state index >= 15 is 0 Å². The highest BCUT2D eigenvalue weighted by atomic mass is 15.1. The van der Waals surface area contributed by atoms with Crippen LogP contribution in [0.1, 0.15) is 24.5 Å². The minimum atomic E-state index is 0.487. The highest BCUT2D eigenvalue weighted by molar-refractivity contribution is 5.79. The molecule has 5 nitrogen and oxygen atoms in total. The van der Waals surface area contributed by atoms with E-state index in [1.54, 1.807) is 6.33 Å². The van der Waals surface area contributed by atoms with Gasteiger partial charge in [-0.15, -0.1) is 0 Å². The molecule has 3 N–H and O–H groups in total. The standard InChI is InChI=1S/C12H17N5/c1-17-4-2-8(3-5-17)11-12-9(14-7-15-12)6-10(13)16-11/h6-8H,2-5H2,1H3,(H2,13,16)(H,14,15). The van der Waals surface area contributed by atoms with E-state index in [2.05, 4.69) is 26.9 Å². The largest absolute Gasteiger partial charge is 0.384 e. The topological polar surface area (TPSA) is 70.8 Å². The lowest BCUT2D eigenvalue weighted by Gasteiger charge is -2.28. The second-order valence-electron chi connectivity index (χ2n) is 4.81. The van der Waals surface area contributed by atoms with Crippen LogP contribution >= 0.6 is 0 Å². The van der Waals surface area contributed by atoms with Gasteiger partial charge in [0, 0.05) is 12.0 Å². The van der Waals surface area contributed by atoms with Crippen LogP contribution in [0, 0.1) is 0 Å². The summed E-state index contributed by atoms with van der Waals surface area (Å²) in [6.07, 6.45) is 3.98. The summed E-state index contributed by atoms with van der Waals surface area (Å²) in [5.41, 5.74) is 8.89. The average Bonchev–Trinajstić information content (AvgIpc) is 2.77. The molecule has 3 heterocycles.